The number of benzene rings is 1. The lowest BCUT2D eigenvalue weighted by atomic mass is 10.0. The molecule has 1 heterocycles. The van der Waals surface area contributed by atoms with Gasteiger partial charge in [-0.25, -0.2) is 4.39 Å². The molecule has 1 atom stereocenters. The number of rotatable bonds is 3. The summed E-state index contributed by atoms with van der Waals surface area (Å²) < 4.78 is 13.2. The van der Waals surface area contributed by atoms with Crippen LogP contribution in [-0.4, -0.2) is 28.1 Å². The summed E-state index contributed by atoms with van der Waals surface area (Å²) in [6.07, 6.45) is 2.19. The first-order valence-corrected chi connectivity index (χ1v) is 7.88. The molecule has 1 saturated heterocycles. The Kier molecular flexibility index (Phi) is 5.27. The molecule has 0 aliphatic carbocycles. The number of aliphatic hydroxyl groups excluding tert-OH is 1. The molecule has 0 bridgehead atoms. The molecule has 0 saturated carbocycles. The van der Waals surface area contributed by atoms with Gasteiger partial charge in [0.1, 0.15) is 5.82 Å². The van der Waals surface area contributed by atoms with E-state index in [0.717, 1.165) is 18.6 Å². The fourth-order valence-electron chi connectivity index (χ4n) is 2.13. The Morgan fingerprint density at radius 1 is 1.57 bits per heavy atom. The summed E-state index contributed by atoms with van der Waals surface area (Å²) in [4.78, 5) is 12.3. The molecule has 3 nitrogen and oxygen atoms in total. The minimum atomic E-state index is -0.431. The second-order valence-electron chi connectivity index (χ2n) is 5.11. The van der Waals surface area contributed by atoms with Crippen LogP contribution in [0.3, 0.4) is 0 Å². The lowest BCUT2D eigenvalue weighted by Gasteiger charge is -2.21. The third-order valence-electron chi connectivity index (χ3n) is 3.38. The number of halogens is 1. The van der Waals surface area contributed by atoms with Gasteiger partial charge in [0.15, 0.2) is 0 Å². The topological polar surface area (TPSA) is 49.3 Å². The second-order valence-corrected chi connectivity index (χ2v) is 6.70. The zero-order valence-electron chi connectivity index (χ0n) is 11.9. The maximum atomic E-state index is 13.6. The number of anilines is 1. The summed E-state index contributed by atoms with van der Waals surface area (Å²) in [5, 5.41) is 11.5. The van der Waals surface area contributed by atoms with E-state index in [2.05, 4.69) is 17.2 Å². The minimum Gasteiger partial charge on any atom is -0.395 e. The van der Waals surface area contributed by atoms with E-state index < -0.39 is 10.6 Å². The number of nitrogens with one attached hydrogen (secondary N) is 1. The second kappa shape index (κ2) is 6.97. The van der Waals surface area contributed by atoms with E-state index in [4.69, 9.17) is 5.11 Å². The van der Waals surface area contributed by atoms with Crippen LogP contribution < -0.4 is 5.32 Å². The van der Waals surface area contributed by atoms with Crippen LogP contribution >= 0.6 is 11.8 Å². The van der Waals surface area contributed by atoms with Crippen molar-refractivity contribution in [3.63, 3.8) is 0 Å². The van der Waals surface area contributed by atoms with Gasteiger partial charge in [0.25, 0.3) is 0 Å². The molecule has 2 rings (SSSR count). The lowest BCUT2D eigenvalue weighted by Crippen LogP contribution is -2.34. The average Bonchev–Trinajstić information content (AvgIpc) is 2.91. The summed E-state index contributed by atoms with van der Waals surface area (Å²) in [6.45, 7) is 1.88. The van der Waals surface area contributed by atoms with Crippen molar-refractivity contribution in [1.29, 1.82) is 0 Å². The van der Waals surface area contributed by atoms with Crippen LogP contribution in [0.4, 0.5) is 10.1 Å². The maximum Gasteiger partial charge on any atom is 0.240 e. The Hall–Kier alpha value is -1.51. The van der Waals surface area contributed by atoms with E-state index in [0.29, 0.717) is 12.1 Å². The van der Waals surface area contributed by atoms with Crippen LogP contribution in [0.15, 0.2) is 18.2 Å². The SMILES string of the molecule is CC1(C(=O)Nc2ccc(F)c(C#CCCO)c2)CCCS1. The molecular weight excluding hydrogens is 289 g/mol. The van der Waals surface area contributed by atoms with Crippen molar-refractivity contribution in [1.82, 2.24) is 0 Å². The van der Waals surface area contributed by atoms with E-state index in [1.165, 1.54) is 18.2 Å². The Morgan fingerprint density at radius 2 is 2.38 bits per heavy atom. The molecule has 1 unspecified atom stereocenters. The molecule has 5 heteroatoms. The fourth-order valence-corrected chi connectivity index (χ4v) is 3.34. The summed E-state index contributed by atoms with van der Waals surface area (Å²) >= 11 is 1.65. The summed E-state index contributed by atoms with van der Waals surface area (Å²) in [5.41, 5.74) is 0.772. The first-order chi connectivity index (χ1) is 10.0. The molecule has 1 amide bonds. The van der Waals surface area contributed by atoms with Crippen molar-refractivity contribution >= 4 is 23.4 Å². The lowest BCUT2D eigenvalue weighted by molar-refractivity contribution is -0.118. The fraction of sp³-hybridized carbons (Fsp3) is 0.438. The highest BCUT2D eigenvalue weighted by atomic mass is 32.2. The maximum absolute atomic E-state index is 13.6. The van der Waals surface area contributed by atoms with Crippen LogP contribution in [0.2, 0.25) is 0 Å². The predicted octanol–water partition coefficient (Wildman–Crippen LogP) is 2.78. The van der Waals surface area contributed by atoms with Crippen LogP contribution in [0.1, 0.15) is 31.7 Å². The van der Waals surface area contributed by atoms with Crippen LogP contribution in [0.25, 0.3) is 0 Å². The molecule has 0 spiro atoms. The van der Waals surface area contributed by atoms with Gasteiger partial charge in [-0.05, 0) is 43.7 Å². The van der Waals surface area contributed by atoms with Crippen molar-refractivity contribution < 1.29 is 14.3 Å². The van der Waals surface area contributed by atoms with Crippen LogP contribution in [-0.2, 0) is 4.79 Å². The smallest absolute Gasteiger partial charge is 0.240 e. The van der Waals surface area contributed by atoms with E-state index >= 15 is 0 Å². The monoisotopic (exact) mass is 307 g/mol. The van der Waals surface area contributed by atoms with Crippen molar-refractivity contribution in [3.05, 3.63) is 29.6 Å². The zero-order valence-corrected chi connectivity index (χ0v) is 12.7. The molecule has 112 valence electrons. The molecule has 1 aromatic carbocycles. The quantitative estimate of drug-likeness (QED) is 0.844. The summed E-state index contributed by atoms with van der Waals surface area (Å²) in [6, 6.07) is 4.36. The number of hydrogen-bond donors (Lipinski definition) is 2. The number of aliphatic hydroxyl groups is 1. The zero-order chi connectivity index (χ0) is 15.3. The number of carbonyl (C=O) groups is 1. The molecular formula is C16H18FNO2S. The Morgan fingerprint density at radius 3 is 3.05 bits per heavy atom. The number of carbonyl (C=O) groups excluding carboxylic acids is 1. The molecule has 21 heavy (non-hydrogen) atoms. The van der Waals surface area contributed by atoms with Gasteiger partial charge in [0.2, 0.25) is 5.91 Å². The highest BCUT2D eigenvalue weighted by Crippen LogP contribution is 2.38. The van der Waals surface area contributed by atoms with Gasteiger partial charge >= 0.3 is 0 Å². The number of amides is 1. The highest BCUT2D eigenvalue weighted by molar-refractivity contribution is 8.01. The standard InChI is InChI=1S/C16H18FNO2S/c1-16(8-4-10-21-16)15(20)18-13-6-7-14(17)12(11-13)5-2-3-9-19/h6-7,11,19H,3-4,8-10H2,1H3,(H,18,20). The Labute approximate surface area is 128 Å². The third kappa shape index (κ3) is 3.99. The number of hydrogen-bond acceptors (Lipinski definition) is 3. The average molecular weight is 307 g/mol. The van der Waals surface area contributed by atoms with Gasteiger partial charge in [-0.1, -0.05) is 11.8 Å². The number of thioether (sulfide) groups is 1. The van der Waals surface area contributed by atoms with Crippen molar-refractivity contribution in [3.8, 4) is 11.8 Å². The molecule has 1 aliphatic heterocycles. The van der Waals surface area contributed by atoms with Crippen LogP contribution in [0, 0.1) is 17.7 Å². The molecule has 1 aliphatic rings. The molecule has 0 radical (unpaired) electrons. The van der Waals surface area contributed by atoms with Gasteiger partial charge < -0.3 is 10.4 Å². The normalized spacial score (nSPS) is 20.7. The summed E-state index contributed by atoms with van der Waals surface area (Å²) in [5.74, 6) is 5.85. The Bertz CT molecular complexity index is 586. The third-order valence-corrected chi connectivity index (χ3v) is 4.90. The first kappa shape index (κ1) is 15.9. The van der Waals surface area contributed by atoms with Gasteiger partial charge in [-0.3, -0.25) is 4.79 Å². The molecule has 1 fully saturated rings. The van der Waals surface area contributed by atoms with Crippen molar-refractivity contribution in [2.24, 2.45) is 0 Å². The molecule has 2 N–H and O–H groups in total. The van der Waals surface area contributed by atoms with E-state index in [-0.39, 0.29) is 18.1 Å². The minimum absolute atomic E-state index is 0.0501. The van der Waals surface area contributed by atoms with Crippen molar-refractivity contribution in [2.45, 2.75) is 30.9 Å². The van der Waals surface area contributed by atoms with Crippen LogP contribution in [0.5, 0.6) is 0 Å². The van der Waals surface area contributed by atoms with Gasteiger partial charge in [0.05, 0.1) is 16.9 Å². The van der Waals surface area contributed by atoms with Gasteiger partial charge in [-0.15, -0.1) is 11.8 Å². The first-order valence-electron chi connectivity index (χ1n) is 6.90. The Balaban J connectivity index is 2.12. The van der Waals surface area contributed by atoms with Gasteiger partial charge in [0, 0.05) is 12.1 Å². The van der Waals surface area contributed by atoms with E-state index in [1.807, 2.05) is 6.92 Å². The van der Waals surface area contributed by atoms with E-state index in [1.54, 1.807) is 11.8 Å². The van der Waals surface area contributed by atoms with E-state index in [9.17, 15) is 9.18 Å². The molecule has 1 aromatic rings. The summed E-state index contributed by atoms with van der Waals surface area (Å²) in [7, 11) is 0. The van der Waals surface area contributed by atoms with Gasteiger partial charge in [-0.2, -0.15) is 0 Å². The molecule has 0 aromatic heterocycles. The highest BCUT2D eigenvalue weighted by Gasteiger charge is 2.37. The predicted molar refractivity (Wildman–Crippen MR) is 83.7 cm³/mol. The van der Waals surface area contributed by atoms with Crippen molar-refractivity contribution in [2.75, 3.05) is 17.7 Å². The largest absolute Gasteiger partial charge is 0.395 e.